The lowest BCUT2D eigenvalue weighted by atomic mass is 10.1. The summed E-state index contributed by atoms with van der Waals surface area (Å²) >= 11 is 0. The first-order valence-electron chi connectivity index (χ1n) is 3.54. The fourth-order valence-electron chi connectivity index (χ4n) is 0.905. The van der Waals surface area contributed by atoms with E-state index in [9.17, 15) is 0 Å². The first-order chi connectivity index (χ1) is 3.79. The fourth-order valence-corrected chi connectivity index (χ4v) is 0.905. The zero-order valence-corrected chi connectivity index (χ0v) is 5.56. The van der Waals surface area contributed by atoms with Gasteiger partial charge >= 0.3 is 0 Å². The first-order valence-corrected chi connectivity index (χ1v) is 3.54. The number of rotatable bonds is 3. The Morgan fingerprint density at radius 2 is 2.25 bits per heavy atom. The van der Waals surface area contributed by atoms with Gasteiger partial charge in [-0.3, -0.25) is 0 Å². The predicted molar refractivity (Wildman–Crippen MR) is 35.6 cm³/mol. The summed E-state index contributed by atoms with van der Waals surface area (Å²) < 4.78 is 0. The van der Waals surface area contributed by atoms with Crippen LogP contribution >= 0.6 is 0 Å². The Kier molecular flexibility index (Phi) is 1.90. The molecule has 48 valence electrons. The largest absolute Gasteiger partial charge is 0.328 e. The van der Waals surface area contributed by atoms with Crippen LogP contribution in [0.2, 0.25) is 0 Å². The van der Waals surface area contributed by atoms with E-state index in [1.165, 1.54) is 25.7 Å². The molecule has 1 atom stereocenters. The van der Waals surface area contributed by atoms with Gasteiger partial charge in [0.2, 0.25) is 0 Å². The van der Waals surface area contributed by atoms with Gasteiger partial charge in [-0.1, -0.05) is 12.8 Å². The molecular weight excluding hydrogens is 98.1 g/mol. The van der Waals surface area contributed by atoms with E-state index in [-0.39, 0.29) is 0 Å². The highest BCUT2D eigenvalue weighted by atomic mass is 14.6. The highest BCUT2D eigenvalue weighted by Gasteiger charge is 2.20. The van der Waals surface area contributed by atoms with Crippen LogP contribution in [0.25, 0.3) is 0 Å². The quantitative estimate of drug-likeness (QED) is 0.590. The van der Waals surface area contributed by atoms with E-state index in [4.69, 9.17) is 5.73 Å². The third-order valence-electron chi connectivity index (χ3n) is 1.73. The lowest BCUT2D eigenvalue weighted by Crippen LogP contribution is -2.14. The summed E-state index contributed by atoms with van der Waals surface area (Å²) in [5, 5.41) is 0. The highest BCUT2D eigenvalue weighted by Crippen LogP contribution is 2.33. The summed E-state index contributed by atoms with van der Waals surface area (Å²) in [6, 6.07) is 0.426. The second-order valence-corrected chi connectivity index (χ2v) is 3.00. The topological polar surface area (TPSA) is 26.0 Å². The molecule has 1 fully saturated rings. The molecule has 1 nitrogen and oxygen atoms in total. The zero-order valence-electron chi connectivity index (χ0n) is 5.56. The lowest BCUT2D eigenvalue weighted by Gasteiger charge is -2.00. The van der Waals surface area contributed by atoms with E-state index in [0.717, 1.165) is 5.92 Å². The molecule has 8 heavy (non-hydrogen) atoms. The maximum absolute atomic E-state index is 5.57. The van der Waals surface area contributed by atoms with E-state index in [1.54, 1.807) is 0 Å². The molecule has 1 saturated carbocycles. The minimum Gasteiger partial charge on any atom is -0.328 e. The van der Waals surface area contributed by atoms with Gasteiger partial charge in [-0.15, -0.1) is 0 Å². The molecule has 0 aliphatic heterocycles. The summed E-state index contributed by atoms with van der Waals surface area (Å²) in [7, 11) is 0. The molecule has 0 bridgehead atoms. The zero-order chi connectivity index (χ0) is 5.98. The minimum atomic E-state index is 0.426. The Hall–Kier alpha value is -0.0400. The molecule has 1 aliphatic rings. The molecule has 0 aromatic heterocycles. The maximum Gasteiger partial charge on any atom is 0.00105 e. The van der Waals surface area contributed by atoms with E-state index < -0.39 is 0 Å². The summed E-state index contributed by atoms with van der Waals surface area (Å²) in [6.45, 7) is 2.09. The van der Waals surface area contributed by atoms with Gasteiger partial charge in [-0.05, 0) is 25.7 Å². The van der Waals surface area contributed by atoms with Crippen molar-refractivity contribution < 1.29 is 0 Å². The van der Waals surface area contributed by atoms with E-state index >= 15 is 0 Å². The van der Waals surface area contributed by atoms with E-state index in [1.807, 2.05) is 0 Å². The van der Waals surface area contributed by atoms with Crippen molar-refractivity contribution in [2.24, 2.45) is 11.7 Å². The molecule has 1 rings (SSSR count). The molecule has 0 saturated heterocycles. The van der Waals surface area contributed by atoms with Crippen molar-refractivity contribution in [2.75, 3.05) is 0 Å². The Labute approximate surface area is 51.3 Å². The van der Waals surface area contributed by atoms with Crippen molar-refractivity contribution in [2.45, 2.75) is 38.6 Å². The van der Waals surface area contributed by atoms with Gasteiger partial charge in [0.15, 0.2) is 0 Å². The summed E-state index contributed by atoms with van der Waals surface area (Å²) in [6.07, 6.45) is 5.53. The lowest BCUT2D eigenvalue weighted by molar-refractivity contribution is 0.586. The van der Waals surface area contributed by atoms with Crippen molar-refractivity contribution >= 4 is 0 Å². The molecule has 1 heteroatoms. The second-order valence-electron chi connectivity index (χ2n) is 3.00. The molecule has 2 N–H and O–H groups in total. The van der Waals surface area contributed by atoms with Crippen LogP contribution in [0.1, 0.15) is 32.6 Å². The van der Waals surface area contributed by atoms with Gasteiger partial charge < -0.3 is 5.73 Å². The van der Waals surface area contributed by atoms with Gasteiger partial charge in [0.25, 0.3) is 0 Å². The van der Waals surface area contributed by atoms with Crippen LogP contribution in [0.4, 0.5) is 0 Å². The first kappa shape index (κ1) is 6.09. The molecule has 0 radical (unpaired) electrons. The Morgan fingerprint density at radius 1 is 1.62 bits per heavy atom. The van der Waals surface area contributed by atoms with Crippen molar-refractivity contribution in [3.05, 3.63) is 0 Å². The van der Waals surface area contributed by atoms with Crippen LogP contribution in [0.5, 0.6) is 0 Å². The van der Waals surface area contributed by atoms with Crippen LogP contribution in [0.3, 0.4) is 0 Å². The number of hydrogen-bond acceptors (Lipinski definition) is 1. The molecule has 0 amide bonds. The third-order valence-corrected chi connectivity index (χ3v) is 1.73. The van der Waals surface area contributed by atoms with Crippen molar-refractivity contribution in [3.8, 4) is 0 Å². The molecular formula is C7H15N. The average Bonchev–Trinajstić information content (AvgIpc) is 2.41. The molecule has 0 spiro atoms. The highest BCUT2D eigenvalue weighted by molar-refractivity contribution is 4.73. The minimum absolute atomic E-state index is 0.426. The van der Waals surface area contributed by atoms with Crippen LogP contribution in [-0.4, -0.2) is 6.04 Å². The third kappa shape index (κ3) is 2.31. The van der Waals surface area contributed by atoms with Gasteiger partial charge in [0, 0.05) is 6.04 Å². The molecule has 1 unspecified atom stereocenters. The van der Waals surface area contributed by atoms with Gasteiger partial charge in [0.1, 0.15) is 0 Å². The van der Waals surface area contributed by atoms with Crippen LogP contribution < -0.4 is 5.73 Å². The number of hydrogen-bond donors (Lipinski definition) is 1. The number of nitrogens with two attached hydrogens (primary N) is 1. The van der Waals surface area contributed by atoms with Crippen LogP contribution in [0, 0.1) is 5.92 Å². The van der Waals surface area contributed by atoms with Crippen molar-refractivity contribution in [3.63, 3.8) is 0 Å². The van der Waals surface area contributed by atoms with Crippen molar-refractivity contribution in [1.29, 1.82) is 0 Å². The maximum atomic E-state index is 5.57. The Bertz CT molecular complexity index is 62.8. The van der Waals surface area contributed by atoms with Crippen molar-refractivity contribution in [1.82, 2.24) is 0 Å². The van der Waals surface area contributed by atoms with E-state index in [0.29, 0.717) is 6.04 Å². The van der Waals surface area contributed by atoms with Crippen LogP contribution in [0.15, 0.2) is 0 Å². The smallest absolute Gasteiger partial charge is 0.00105 e. The van der Waals surface area contributed by atoms with Gasteiger partial charge in [-0.2, -0.15) is 0 Å². The van der Waals surface area contributed by atoms with E-state index in [2.05, 4.69) is 6.92 Å². The second kappa shape index (κ2) is 2.49. The molecule has 1 aliphatic carbocycles. The predicted octanol–water partition coefficient (Wildman–Crippen LogP) is 1.52. The fraction of sp³-hybridized carbons (Fsp3) is 1.00. The summed E-state index contributed by atoms with van der Waals surface area (Å²) in [5.74, 6) is 1.06. The normalized spacial score (nSPS) is 23.2. The van der Waals surface area contributed by atoms with Crippen LogP contribution in [-0.2, 0) is 0 Å². The molecule has 0 aromatic rings. The monoisotopic (exact) mass is 113 g/mol. The summed E-state index contributed by atoms with van der Waals surface area (Å²) in [4.78, 5) is 0. The molecule has 0 aromatic carbocycles. The van der Waals surface area contributed by atoms with Gasteiger partial charge in [-0.25, -0.2) is 0 Å². The Morgan fingerprint density at radius 3 is 2.62 bits per heavy atom. The summed E-state index contributed by atoms with van der Waals surface area (Å²) in [5.41, 5.74) is 5.57. The van der Waals surface area contributed by atoms with Gasteiger partial charge in [0.05, 0.1) is 0 Å². The standard InChI is InChI=1S/C7H15N/c1-6(8)2-3-7-4-5-7/h6-7H,2-5,8H2,1H3. The average molecular weight is 113 g/mol. The Balaban J connectivity index is 1.87. The molecule has 0 heterocycles. The SMILES string of the molecule is CC(N)CCC1CC1.